The summed E-state index contributed by atoms with van der Waals surface area (Å²) in [5.41, 5.74) is 0. The van der Waals surface area contributed by atoms with Crippen LogP contribution in [0.4, 0.5) is 0 Å². The molecule has 0 spiro atoms. The van der Waals surface area contributed by atoms with Gasteiger partial charge >= 0.3 is 0 Å². The molecular formula is C7H12ClNO2S. The second-order valence-electron chi connectivity index (χ2n) is 2.34. The molecular weight excluding hydrogens is 198 g/mol. The molecule has 70 valence electrons. The van der Waals surface area contributed by atoms with E-state index in [9.17, 15) is 9.59 Å². The molecule has 0 aliphatic carbocycles. The van der Waals surface area contributed by atoms with E-state index in [1.165, 1.54) is 6.92 Å². The van der Waals surface area contributed by atoms with Crippen LogP contribution < -0.4 is 5.32 Å². The van der Waals surface area contributed by atoms with E-state index in [0.29, 0.717) is 6.42 Å². The smallest absolute Gasteiger partial charge is 0.244 e. The van der Waals surface area contributed by atoms with Crippen molar-refractivity contribution in [1.82, 2.24) is 5.32 Å². The minimum absolute atomic E-state index is 0.227. The van der Waals surface area contributed by atoms with Gasteiger partial charge in [-0.25, -0.2) is 0 Å². The van der Waals surface area contributed by atoms with Crippen LogP contribution in [0.5, 0.6) is 0 Å². The Hall–Kier alpha value is -0.220. The van der Waals surface area contributed by atoms with Gasteiger partial charge in [0.15, 0.2) is 0 Å². The third kappa shape index (κ3) is 5.43. The molecule has 0 aromatic heterocycles. The summed E-state index contributed by atoms with van der Waals surface area (Å²) in [4.78, 5) is 21.3. The molecule has 1 amide bonds. The van der Waals surface area contributed by atoms with Crippen LogP contribution in [0.2, 0.25) is 0 Å². The molecule has 0 fully saturated rings. The van der Waals surface area contributed by atoms with Gasteiger partial charge in [0.2, 0.25) is 11.1 Å². The topological polar surface area (TPSA) is 46.2 Å². The number of amides is 1. The van der Waals surface area contributed by atoms with Crippen molar-refractivity contribution in [2.75, 3.05) is 12.0 Å². The van der Waals surface area contributed by atoms with Crippen molar-refractivity contribution in [3.8, 4) is 0 Å². The average molecular weight is 210 g/mol. The Kier molecular flexibility index (Phi) is 6.20. The van der Waals surface area contributed by atoms with Crippen LogP contribution in [-0.2, 0) is 9.59 Å². The van der Waals surface area contributed by atoms with Gasteiger partial charge in [0, 0.05) is 6.92 Å². The maximum atomic E-state index is 10.7. The van der Waals surface area contributed by atoms with Gasteiger partial charge in [-0.3, -0.25) is 9.59 Å². The third-order valence-corrected chi connectivity index (χ3v) is 2.17. The van der Waals surface area contributed by atoms with Gasteiger partial charge in [0.1, 0.15) is 6.04 Å². The highest BCUT2D eigenvalue weighted by Crippen LogP contribution is 2.03. The maximum absolute atomic E-state index is 10.7. The van der Waals surface area contributed by atoms with E-state index in [2.05, 4.69) is 5.32 Å². The number of nitrogens with one attached hydrogen (secondary N) is 1. The van der Waals surface area contributed by atoms with Crippen molar-refractivity contribution in [2.24, 2.45) is 0 Å². The SMILES string of the molecule is CSCC[C@H](NC(C)=O)C(=O)Cl. The minimum atomic E-state index is -0.531. The Morgan fingerprint density at radius 2 is 2.17 bits per heavy atom. The van der Waals surface area contributed by atoms with Crippen molar-refractivity contribution < 1.29 is 9.59 Å². The largest absolute Gasteiger partial charge is 0.345 e. The van der Waals surface area contributed by atoms with Gasteiger partial charge in [0.05, 0.1) is 0 Å². The van der Waals surface area contributed by atoms with E-state index in [4.69, 9.17) is 11.6 Å². The molecule has 1 N–H and O–H groups in total. The van der Waals surface area contributed by atoms with Crippen LogP contribution in [0.1, 0.15) is 13.3 Å². The van der Waals surface area contributed by atoms with Crippen LogP contribution in [0.25, 0.3) is 0 Å². The lowest BCUT2D eigenvalue weighted by atomic mass is 10.2. The molecule has 0 rings (SSSR count). The van der Waals surface area contributed by atoms with Gasteiger partial charge in [-0.1, -0.05) is 0 Å². The Labute approximate surface area is 81.2 Å². The molecule has 0 radical (unpaired) electrons. The summed E-state index contributed by atoms with van der Waals surface area (Å²) in [6.45, 7) is 1.37. The highest BCUT2D eigenvalue weighted by molar-refractivity contribution is 7.98. The molecule has 0 aromatic rings. The molecule has 0 aliphatic rings. The number of hydrogen-bond acceptors (Lipinski definition) is 3. The zero-order chi connectivity index (χ0) is 9.56. The standard InChI is InChI=1S/C7H12ClNO2S/c1-5(10)9-6(7(8)11)3-4-12-2/h6H,3-4H2,1-2H3,(H,9,10)/t6-/m0/s1. The van der Waals surface area contributed by atoms with Crippen molar-refractivity contribution in [3.05, 3.63) is 0 Å². The Morgan fingerprint density at radius 3 is 2.50 bits per heavy atom. The molecule has 3 nitrogen and oxygen atoms in total. The Morgan fingerprint density at radius 1 is 1.58 bits per heavy atom. The van der Waals surface area contributed by atoms with Gasteiger partial charge < -0.3 is 5.32 Å². The monoisotopic (exact) mass is 209 g/mol. The van der Waals surface area contributed by atoms with Gasteiger partial charge in [0.25, 0.3) is 0 Å². The van der Waals surface area contributed by atoms with Crippen molar-refractivity contribution >= 4 is 34.5 Å². The molecule has 5 heteroatoms. The lowest BCUT2D eigenvalue weighted by molar-refractivity contribution is -0.123. The normalized spacial score (nSPS) is 12.2. The van der Waals surface area contributed by atoms with Crippen LogP contribution >= 0.6 is 23.4 Å². The van der Waals surface area contributed by atoms with E-state index < -0.39 is 11.3 Å². The second-order valence-corrected chi connectivity index (χ2v) is 3.70. The summed E-state index contributed by atoms with van der Waals surface area (Å²) in [5.74, 6) is 0.582. The summed E-state index contributed by atoms with van der Waals surface area (Å²) in [6, 6.07) is -0.531. The fourth-order valence-corrected chi connectivity index (χ4v) is 1.36. The predicted molar refractivity (Wildman–Crippen MR) is 51.5 cm³/mol. The van der Waals surface area contributed by atoms with Gasteiger partial charge in [-0.2, -0.15) is 11.8 Å². The third-order valence-electron chi connectivity index (χ3n) is 1.26. The highest BCUT2D eigenvalue weighted by Gasteiger charge is 2.15. The first kappa shape index (κ1) is 11.8. The van der Waals surface area contributed by atoms with E-state index in [-0.39, 0.29) is 5.91 Å². The Bertz CT molecular complexity index is 175. The Balaban J connectivity index is 3.87. The number of thioether (sulfide) groups is 1. The maximum Gasteiger partial charge on any atom is 0.244 e. The molecule has 0 bridgehead atoms. The molecule has 1 atom stereocenters. The number of carbonyl (C=O) groups excluding carboxylic acids is 2. The lowest BCUT2D eigenvalue weighted by Crippen LogP contribution is -2.37. The highest BCUT2D eigenvalue weighted by atomic mass is 35.5. The molecule has 12 heavy (non-hydrogen) atoms. The summed E-state index contributed by atoms with van der Waals surface area (Å²) in [6.07, 6.45) is 2.52. The fourth-order valence-electron chi connectivity index (χ4n) is 0.723. The van der Waals surface area contributed by atoms with Crippen LogP contribution in [0, 0.1) is 0 Å². The van der Waals surface area contributed by atoms with Crippen LogP contribution in [0.15, 0.2) is 0 Å². The van der Waals surface area contributed by atoms with Crippen LogP contribution in [0.3, 0.4) is 0 Å². The predicted octanol–water partition coefficient (Wildman–Crippen LogP) is 1.01. The summed E-state index contributed by atoms with van der Waals surface area (Å²) < 4.78 is 0. The van der Waals surface area contributed by atoms with E-state index >= 15 is 0 Å². The number of hydrogen-bond donors (Lipinski definition) is 1. The number of carbonyl (C=O) groups is 2. The lowest BCUT2D eigenvalue weighted by Gasteiger charge is -2.11. The summed E-state index contributed by atoms with van der Waals surface area (Å²) >= 11 is 6.87. The quantitative estimate of drug-likeness (QED) is 0.688. The van der Waals surface area contributed by atoms with E-state index in [1.54, 1.807) is 11.8 Å². The summed E-state index contributed by atoms with van der Waals surface area (Å²) in [5, 5.41) is 1.98. The van der Waals surface area contributed by atoms with Gasteiger partial charge in [-0.15, -0.1) is 0 Å². The minimum Gasteiger partial charge on any atom is -0.345 e. The molecule has 0 heterocycles. The molecule has 0 unspecified atom stereocenters. The molecule has 0 saturated carbocycles. The van der Waals surface area contributed by atoms with E-state index in [1.807, 2.05) is 6.26 Å². The molecule has 0 saturated heterocycles. The molecule has 0 aliphatic heterocycles. The zero-order valence-corrected chi connectivity index (χ0v) is 8.67. The van der Waals surface area contributed by atoms with E-state index in [0.717, 1.165) is 5.75 Å². The number of rotatable bonds is 5. The molecule has 0 aromatic carbocycles. The van der Waals surface area contributed by atoms with Crippen molar-refractivity contribution in [3.63, 3.8) is 0 Å². The second kappa shape index (κ2) is 6.31. The van der Waals surface area contributed by atoms with Gasteiger partial charge in [-0.05, 0) is 30.0 Å². The first-order valence-corrected chi connectivity index (χ1v) is 5.30. The van der Waals surface area contributed by atoms with Crippen molar-refractivity contribution in [1.29, 1.82) is 0 Å². The van der Waals surface area contributed by atoms with Crippen LogP contribution in [-0.4, -0.2) is 29.2 Å². The number of halogens is 1. The zero-order valence-electron chi connectivity index (χ0n) is 7.09. The first-order valence-electron chi connectivity index (χ1n) is 3.53. The fraction of sp³-hybridized carbons (Fsp3) is 0.714. The first-order chi connectivity index (χ1) is 5.57. The summed E-state index contributed by atoms with van der Waals surface area (Å²) in [7, 11) is 0. The average Bonchev–Trinajstić information content (AvgIpc) is 1.96. The van der Waals surface area contributed by atoms with Crippen molar-refractivity contribution in [2.45, 2.75) is 19.4 Å².